The molecule has 2 aromatic heterocycles. The first-order chi connectivity index (χ1) is 8.83. The molecular weight excluding hydrogens is 250 g/mol. The number of carbonyl (C=O) groups excluding carboxylic acids is 1. The number of nitrogens with zero attached hydrogens (tertiary/aromatic N) is 3. The van der Waals surface area contributed by atoms with Gasteiger partial charge in [-0.05, 0) is 17.9 Å². The van der Waals surface area contributed by atoms with Crippen molar-refractivity contribution in [2.75, 3.05) is 13.1 Å². The fourth-order valence-corrected chi connectivity index (χ4v) is 2.44. The first-order valence-electron chi connectivity index (χ1n) is 5.96. The van der Waals surface area contributed by atoms with E-state index in [1.165, 1.54) is 0 Å². The number of amides is 1. The van der Waals surface area contributed by atoms with Gasteiger partial charge in [0.25, 0.3) is 0 Å². The van der Waals surface area contributed by atoms with Crippen molar-refractivity contribution in [3.63, 3.8) is 0 Å². The highest BCUT2D eigenvalue weighted by Gasteiger charge is 2.20. The van der Waals surface area contributed by atoms with E-state index in [-0.39, 0.29) is 5.91 Å². The van der Waals surface area contributed by atoms with Crippen molar-refractivity contribution >= 4 is 17.2 Å². The molecule has 0 saturated carbocycles. The first kappa shape index (κ1) is 11.4. The number of hydrogen-bond donors (Lipinski definition) is 0. The summed E-state index contributed by atoms with van der Waals surface area (Å²) in [6, 6.07) is 1.95. The second kappa shape index (κ2) is 4.89. The highest BCUT2D eigenvalue weighted by Crippen LogP contribution is 2.19. The van der Waals surface area contributed by atoms with Crippen LogP contribution < -0.4 is 0 Å². The van der Waals surface area contributed by atoms with Crippen LogP contribution in [0.2, 0.25) is 0 Å². The van der Waals surface area contributed by atoms with Gasteiger partial charge in [0, 0.05) is 36.9 Å². The van der Waals surface area contributed by atoms with Crippen LogP contribution in [0.25, 0.3) is 11.4 Å². The lowest BCUT2D eigenvalue weighted by Gasteiger charge is -2.30. The number of carbonyl (C=O) groups is 1. The minimum Gasteiger partial charge on any atom is -0.343 e. The highest BCUT2D eigenvalue weighted by atomic mass is 32.1. The monoisotopic (exact) mass is 263 g/mol. The molecule has 18 heavy (non-hydrogen) atoms. The Bertz CT molecular complexity index is 531. The maximum atomic E-state index is 11.7. The molecule has 0 atom stereocenters. The van der Waals surface area contributed by atoms with Crippen molar-refractivity contribution < 1.29 is 9.32 Å². The predicted octanol–water partition coefficient (Wildman–Crippen LogP) is 1.96. The van der Waals surface area contributed by atoms with Gasteiger partial charge in [0.2, 0.25) is 17.6 Å². The molecule has 1 saturated heterocycles. The van der Waals surface area contributed by atoms with Gasteiger partial charge in [-0.1, -0.05) is 5.16 Å². The predicted molar refractivity (Wildman–Crippen MR) is 67.1 cm³/mol. The molecule has 6 heteroatoms. The maximum absolute atomic E-state index is 11.7. The summed E-state index contributed by atoms with van der Waals surface area (Å²) in [7, 11) is 0. The molecule has 0 aromatic carbocycles. The number of likely N-dealkylation sites (tertiary alicyclic amines) is 1. The van der Waals surface area contributed by atoms with Crippen LogP contribution in [0.4, 0.5) is 0 Å². The molecule has 3 heterocycles. The molecular formula is C12H13N3O2S. The van der Waals surface area contributed by atoms with Crippen LogP contribution in [0.3, 0.4) is 0 Å². The Labute approximate surface area is 108 Å². The third-order valence-corrected chi connectivity index (χ3v) is 3.69. The second-order valence-electron chi connectivity index (χ2n) is 4.26. The summed E-state index contributed by atoms with van der Waals surface area (Å²) in [4.78, 5) is 17.8. The third kappa shape index (κ3) is 2.28. The quantitative estimate of drug-likeness (QED) is 0.846. The van der Waals surface area contributed by atoms with Crippen molar-refractivity contribution in [1.82, 2.24) is 15.0 Å². The van der Waals surface area contributed by atoms with Crippen LogP contribution in [-0.2, 0) is 11.2 Å². The molecule has 0 radical (unpaired) electrons. The van der Waals surface area contributed by atoms with E-state index in [0.717, 1.165) is 25.1 Å². The fraction of sp³-hybridized carbons (Fsp3) is 0.417. The van der Waals surface area contributed by atoms with E-state index < -0.39 is 0 Å². The van der Waals surface area contributed by atoms with Crippen molar-refractivity contribution in [2.45, 2.75) is 19.3 Å². The van der Waals surface area contributed by atoms with Crippen LogP contribution >= 0.6 is 11.3 Å². The molecule has 5 nitrogen and oxygen atoms in total. The van der Waals surface area contributed by atoms with Gasteiger partial charge in [-0.15, -0.1) is 0 Å². The minimum atomic E-state index is 0.177. The van der Waals surface area contributed by atoms with Gasteiger partial charge in [-0.2, -0.15) is 16.3 Å². The lowest BCUT2D eigenvalue weighted by Crippen LogP contribution is -2.42. The third-order valence-electron chi connectivity index (χ3n) is 3.01. The molecule has 1 amide bonds. The average molecular weight is 263 g/mol. The molecule has 1 aliphatic rings. The van der Waals surface area contributed by atoms with Gasteiger partial charge in [0.15, 0.2) is 0 Å². The molecule has 2 aromatic rings. The number of aromatic nitrogens is 2. The largest absolute Gasteiger partial charge is 0.343 e. The Balaban J connectivity index is 1.58. The number of aryl methyl sites for hydroxylation is 1. The summed E-state index contributed by atoms with van der Waals surface area (Å²) in [5.74, 6) is 1.31. The molecule has 3 rings (SSSR count). The van der Waals surface area contributed by atoms with Crippen LogP contribution in [0.15, 0.2) is 21.3 Å². The molecule has 0 spiro atoms. The summed E-state index contributed by atoms with van der Waals surface area (Å²) in [5.41, 5.74) is 0.962. The maximum Gasteiger partial charge on any atom is 0.227 e. The molecule has 94 valence electrons. The topological polar surface area (TPSA) is 59.2 Å². The summed E-state index contributed by atoms with van der Waals surface area (Å²) in [6.07, 6.45) is 2.09. The zero-order valence-electron chi connectivity index (χ0n) is 9.83. The van der Waals surface area contributed by atoms with E-state index in [2.05, 4.69) is 10.1 Å². The molecule has 0 N–H and O–H groups in total. The fourth-order valence-electron chi connectivity index (χ4n) is 1.80. The zero-order chi connectivity index (χ0) is 12.4. The number of thiophene rings is 1. The van der Waals surface area contributed by atoms with Gasteiger partial charge in [0.05, 0.1) is 0 Å². The van der Waals surface area contributed by atoms with Gasteiger partial charge >= 0.3 is 0 Å². The molecule has 0 unspecified atom stereocenters. The van der Waals surface area contributed by atoms with E-state index in [4.69, 9.17) is 4.52 Å². The van der Waals surface area contributed by atoms with Gasteiger partial charge in [0.1, 0.15) is 0 Å². The number of rotatable bonds is 4. The van der Waals surface area contributed by atoms with Crippen molar-refractivity contribution in [2.24, 2.45) is 0 Å². The van der Waals surface area contributed by atoms with E-state index >= 15 is 0 Å². The Hall–Kier alpha value is -1.69. The highest BCUT2D eigenvalue weighted by molar-refractivity contribution is 7.08. The SMILES string of the molecule is O=C(CCc1nc(-c2ccsc2)no1)N1CCC1. The van der Waals surface area contributed by atoms with Gasteiger partial charge in [-0.3, -0.25) is 4.79 Å². The Morgan fingerprint density at radius 3 is 3.06 bits per heavy atom. The standard InChI is InChI=1S/C12H13N3O2S/c16-11(15-5-1-6-15)3-2-10-13-12(14-17-10)9-4-7-18-8-9/h4,7-8H,1-3,5-6H2. The summed E-state index contributed by atoms with van der Waals surface area (Å²) in [5, 5.41) is 7.85. The van der Waals surface area contributed by atoms with Crippen molar-refractivity contribution in [1.29, 1.82) is 0 Å². The van der Waals surface area contributed by atoms with E-state index in [9.17, 15) is 4.79 Å². The van der Waals surface area contributed by atoms with E-state index in [1.807, 2.05) is 21.7 Å². The second-order valence-corrected chi connectivity index (χ2v) is 5.04. The lowest BCUT2D eigenvalue weighted by molar-refractivity contribution is -0.134. The average Bonchev–Trinajstić information content (AvgIpc) is 2.94. The van der Waals surface area contributed by atoms with E-state index in [0.29, 0.717) is 24.6 Å². The van der Waals surface area contributed by atoms with Crippen LogP contribution in [-0.4, -0.2) is 34.0 Å². The molecule has 0 bridgehead atoms. The Kier molecular flexibility index (Phi) is 3.10. The minimum absolute atomic E-state index is 0.177. The molecule has 1 fully saturated rings. The van der Waals surface area contributed by atoms with Crippen LogP contribution in [0, 0.1) is 0 Å². The van der Waals surface area contributed by atoms with E-state index in [1.54, 1.807) is 11.3 Å². The summed E-state index contributed by atoms with van der Waals surface area (Å²) < 4.78 is 5.14. The molecule has 0 aliphatic carbocycles. The molecule has 1 aliphatic heterocycles. The van der Waals surface area contributed by atoms with Crippen molar-refractivity contribution in [3.05, 3.63) is 22.7 Å². The van der Waals surface area contributed by atoms with Crippen molar-refractivity contribution in [3.8, 4) is 11.4 Å². The first-order valence-corrected chi connectivity index (χ1v) is 6.90. The smallest absolute Gasteiger partial charge is 0.227 e. The lowest BCUT2D eigenvalue weighted by atomic mass is 10.2. The Morgan fingerprint density at radius 2 is 2.39 bits per heavy atom. The van der Waals surface area contributed by atoms with Crippen LogP contribution in [0.1, 0.15) is 18.7 Å². The van der Waals surface area contributed by atoms with Gasteiger partial charge in [-0.25, -0.2) is 0 Å². The van der Waals surface area contributed by atoms with Gasteiger partial charge < -0.3 is 9.42 Å². The number of hydrogen-bond acceptors (Lipinski definition) is 5. The summed E-state index contributed by atoms with van der Waals surface area (Å²) >= 11 is 1.59. The summed E-state index contributed by atoms with van der Waals surface area (Å²) in [6.45, 7) is 1.78. The zero-order valence-corrected chi connectivity index (χ0v) is 10.7. The Morgan fingerprint density at radius 1 is 1.50 bits per heavy atom. The van der Waals surface area contributed by atoms with Crippen LogP contribution in [0.5, 0.6) is 0 Å². The normalized spacial score (nSPS) is 14.6.